The monoisotopic (exact) mass is 463 g/mol. The van der Waals surface area contributed by atoms with E-state index in [1.165, 1.54) is 6.07 Å². The first-order chi connectivity index (χ1) is 15.3. The predicted molar refractivity (Wildman–Crippen MR) is 119 cm³/mol. The summed E-state index contributed by atoms with van der Waals surface area (Å²) in [5.41, 5.74) is 0.837. The summed E-state index contributed by atoms with van der Waals surface area (Å²) in [5.74, 6) is 0.373. The van der Waals surface area contributed by atoms with Gasteiger partial charge >= 0.3 is 0 Å². The van der Waals surface area contributed by atoms with Gasteiger partial charge in [0, 0.05) is 32.2 Å². The van der Waals surface area contributed by atoms with E-state index in [-0.39, 0.29) is 11.7 Å². The molecular weight excluding hydrogens is 437 g/mol. The lowest BCUT2D eigenvalue weighted by atomic mass is 10.2. The van der Waals surface area contributed by atoms with Crippen molar-refractivity contribution in [2.45, 2.75) is 13.0 Å². The number of para-hydroxylation sites is 1. The number of fused-ring (bicyclic) bond motifs is 1. The van der Waals surface area contributed by atoms with Gasteiger partial charge in [-0.3, -0.25) is 9.10 Å². The highest BCUT2D eigenvalue weighted by atomic mass is 32.2. The number of hydrogen-bond acceptors (Lipinski definition) is 6. The number of ether oxygens (including phenoxy) is 2. The molecule has 0 radical (unpaired) electrons. The van der Waals surface area contributed by atoms with Gasteiger partial charge in [-0.1, -0.05) is 12.1 Å². The zero-order valence-electron chi connectivity index (χ0n) is 18.0. The zero-order chi connectivity index (χ0) is 22.9. The molecule has 0 unspecified atom stereocenters. The second-order valence-corrected chi connectivity index (χ2v) is 9.69. The van der Waals surface area contributed by atoms with Crippen LogP contribution in [0.4, 0.5) is 15.8 Å². The van der Waals surface area contributed by atoms with Crippen molar-refractivity contribution in [3.05, 3.63) is 48.3 Å². The summed E-state index contributed by atoms with van der Waals surface area (Å²) in [4.78, 5) is 16.7. The summed E-state index contributed by atoms with van der Waals surface area (Å²) >= 11 is 0. The van der Waals surface area contributed by atoms with Crippen LogP contribution in [-0.2, 0) is 14.8 Å². The maximum atomic E-state index is 14.1. The molecule has 0 spiro atoms. The third kappa shape index (κ3) is 4.45. The number of halogens is 1. The van der Waals surface area contributed by atoms with Crippen molar-refractivity contribution in [3.8, 4) is 11.5 Å². The molecule has 4 rings (SSSR count). The molecule has 10 heteroatoms. The predicted octanol–water partition coefficient (Wildman–Crippen LogP) is 2.10. The maximum absolute atomic E-state index is 14.1. The maximum Gasteiger partial charge on any atom is 0.246 e. The molecule has 0 saturated carbocycles. The number of amides is 1. The van der Waals surface area contributed by atoms with Crippen LogP contribution in [0.2, 0.25) is 0 Å². The van der Waals surface area contributed by atoms with E-state index in [4.69, 9.17) is 9.47 Å². The zero-order valence-corrected chi connectivity index (χ0v) is 18.8. The summed E-state index contributed by atoms with van der Waals surface area (Å²) in [6, 6.07) is 10.4. The molecule has 1 fully saturated rings. The number of rotatable bonds is 5. The number of hydrogen-bond donors (Lipinski definition) is 0. The highest BCUT2D eigenvalue weighted by Crippen LogP contribution is 2.35. The van der Waals surface area contributed by atoms with Gasteiger partial charge < -0.3 is 19.3 Å². The number of carbonyl (C=O) groups is 1. The summed E-state index contributed by atoms with van der Waals surface area (Å²) in [5, 5.41) is 0. The van der Waals surface area contributed by atoms with Gasteiger partial charge in [-0.05, 0) is 31.2 Å². The average Bonchev–Trinajstić information content (AvgIpc) is 2.78. The first-order valence-corrected chi connectivity index (χ1v) is 12.3. The highest BCUT2D eigenvalue weighted by molar-refractivity contribution is 7.92. The Kier molecular flexibility index (Phi) is 6.14. The fraction of sp³-hybridized carbons (Fsp3) is 0.409. The van der Waals surface area contributed by atoms with Crippen molar-refractivity contribution in [2.75, 3.05) is 54.9 Å². The van der Waals surface area contributed by atoms with E-state index >= 15 is 0 Å². The normalized spacial score (nSPS) is 17.1. The molecule has 32 heavy (non-hydrogen) atoms. The van der Waals surface area contributed by atoms with E-state index in [9.17, 15) is 17.6 Å². The Balaban J connectivity index is 1.50. The molecule has 1 atom stereocenters. The SMILES string of the molecule is C[C@H](C(=O)N1CCN(c2ccccc2F)CC1)N(c1ccc2c(c1)OCCO2)S(C)(=O)=O. The molecule has 2 aromatic carbocycles. The van der Waals surface area contributed by atoms with Crippen LogP contribution in [0, 0.1) is 5.82 Å². The van der Waals surface area contributed by atoms with Crippen LogP contribution in [0.15, 0.2) is 42.5 Å². The van der Waals surface area contributed by atoms with E-state index in [1.807, 2.05) is 4.90 Å². The summed E-state index contributed by atoms with van der Waals surface area (Å²) in [6.07, 6.45) is 1.07. The molecular formula is C22H26FN3O5S. The van der Waals surface area contributed by atoms with E-state index < -0.39 is 16.1 Å². The topological polar surface area (TPSA) is 79.4 Å². The van der Waals surface area contributed by atoms with Crippen molar-refractivity contribution in [1.29, 1.82) is 0 Å². The molecule has 2 aromatic rings. The first kappa shape index (κ1) is 22.2. The van der Waals surface area contributed by atoms with E-state index in [1.54, 1.807) is 48.2 Å². The Morgan fingerprint density at radius 1 is 1.03 bits per heavy atom. The van der Waals surface area contributed by atoms with Gasteiger partial charge in [-0.15, -0.1) is 0 Å². The van der Waals surface area contributed by atoms with E-state index in [2.05, 4.69) is 0 Å². The minimum absolute atomic E-state index is 0.303. The van der Waals surface area contributed by atoms with Crippen LogP contribution in [0.25, 0.3) is 0 Å². The molecule has 0 aliphatic carbocycles. The molecule has 8 nitrogen and oxygen atoms in total. The van der Waals surface area contributed by atoms with Crippen LogP contribution < -0.4 is 18.7 Å². The summed E-state index contributed by atoms with van der Waals surface area (Å²) < 4.78 is 51.5. The van der Waals surface area contributed by atoms with Gasteiger partial charge in [-0.2, -0.15) is 0 Å². The Bertz CT molecular complexity index is 1100. The van der Waals surface area contributed by atoms with Gasteiger partial charge in [0.2, 0.25) is 15.9 Å². The van der Waals surface area contributed by atoms with Crippen LogP contribution >= 0.6 is 0 Å². The fourth-order valence-electron chi connectivity index (χ4n) is 4.11. The van der Waals surface area contributed by atoms with Gasteiger partial charge in [0.05, 0.1) is 17.6 Å². The molecule has 0 N–H and O–H groups in total. The first-order valence-electron chi connectivity index (χ1n) is 10.4. The molecule has 1 amide bonds. The van der Waals surface area contributed by atoms with Gasteiger partial charge in [0.25, 0.3) is 0 Å². The summed E-state index contributed by atoms with van der Waals surface area (Å²) in [6.45, 7) is 4.03. The second-order valence-electron chi connectivity index (χ2n) is 7.83. The second kappa shape index (κ2) is 8.85. The standard InChI is InChI=1S/C22H26FN3O5S/c1-16(22(27)25-11-9-24(10-12-25)19-6-4-3-5-18(19)23)26(32(2,28)29)17-7-8-20-21(15-17)31-14-13-30-20/h3-8,15-16H,9-14H2,1-2H3/t16-/m1/s1. The molecule has 172 valence electrons. The summed E-state index contributed by atoms with van der Waals surface area (Å²) in [7, 11) is -3.76. The molecule has 2 aliphatic heterocycles. The quantitative estimate of drug-likeness (QED) is 0.676. The van der Waals surface area contributed by atoms with E-state index in [0.717, 1.165) is 10.6 Å². The van der Waals surface area contributed by atoms with Crippen LogP contribution in [-0.4, -0.2) is 70.9 Å². The minimum Gasteiger partial charge on any atom is -0.486 e. The number of nitrogens with zero attached hydrogens (tertiary/aromatic N) is 3. The molecule has 0 bridgehead atoms. The average molecular weight is 464 g/mol. The van der Waals surface area contributed by atoms with Crippen LogP contribution in [0.5, 0.6) is 11.5 Å². The fourth-order valence-corrected chi connectivity index (χ4v) is 5.27. The Morgan fingerprint density at radius 3 is 2.34 bits per heavy atom. The van der Waals surface area contributed by atoms with Crippen molar-refractivity contribution < 1.29 is 27.1 Å². The Labute approximate surface area is 187 Å². The highest BCUT2D eigenvalue weighted by Gasteiger charge is 2.34. The van der Waals surface area contributed by atoms with Crippen molar-refractivity contribution in [3.63, 3.8) is 0 Å². The number of benzene rings is 2. The van der Waals surface area contributed by atoms with Crippen LogP contribution in [0.3, 0.4) is 0 Å². The minimum atomic E-state index is -3.76. The number of sulfonamides is 1. The number of anilines is 2. The lowest BCUT2D eigenvalue weighted by Crippen LogP contribution is -2.55. The molecule has 1 saturated heterocycles. The lowest BCUT2D eigenvalue weighted by Gasteiger charge is -2.39. The third-order valence-corrected chi connectivity index (χ3v) is 6.87. The Hall–Kier alpha value is -3.01. The smallest absolute Gasteiger partial charge is 0.246 e. The number of piperazine rings is 1. The Morgan fingerprint density at radius 2 is 1.69 bits per heavy atom. The van der Waals surface area contributed by atoms with Gasteiger partial charge in [-0.25, -0.2) is 12.8 Å². The van der Waals surface area contributed by atoms with Crippen molar-refractivity contribution in [2.24, 2.45) is 0 Å². The molecule has 2 aliphatic rings. The van der Waals surface area contributed by atoms with E-state index in [0.29, 0.717) is 62.3 Å². The van der Waals surface area contributed by atoms with Crippen molar-refractivity contribution in [1.82, 2.24) is 4.90 Å². The molecule has 2 heterocycles. The van der Waals surface area contributed by atoms with Gasteiger partial charge in [0.1, 0.15) is 25.1 Å². The number of carbonyl (C=O) groups excluding carboxylic acids is 1. The van der Waals surface area contributed by atoms with Gasteiger partial charge in [0.15, 0.2) is 11.5 Å². The largest absolute Gasteiger partial charge is 0.486 e. The third-order valence-electron chi connectivity index (χ3n) is 5.63. The molecule has 0 aromatic heterocycles. The van der Waals surface area contributed by atoms with Crippen LogP contribution in [0.1, 0.15) is 6.92 Å². The van der Waals surface area contributed by atoms with Crippen molar-refractivity contribution >= 4 is 27.3 Å². The lowest BCUT2D eigenvalue weighted by molar-refractivity contribution is -0.132.